The number of carbonyl (C=O) groups excluding carboxylic acids is 1. The first-order valence-electron chi connectivity index (χ1n) is 11.5. The molecule has 1 fully saturated rings. The third-order valence-electron chi connectivity index (χ3n) is 5.93. The van der Waals surface area contributed by atoms with Crippen LogP contribution in [0.25, 0.3) is 0 Å². The number of benzene rings is 2. The van der Waals surface area contributed by atoms with E-state index in [1.807, 2.05) is 0 Å². The van der Waals surface area contributed by atoms with Gasteiger partial charge in [0.15, 0.2) is 0 Å². The zero-order valence-corrected chi connectivity index (χ0v) is 23.2. The van der Waals surface area contributed by atoms with Gasteiger partial charge in [-0.25, -0.2) is 35.8 Å². The van der Waals surface area contributed by atoms with Gasteiger partial charge < -0.3 is 5.32 Å². The highest BCUT2D eigenvalue weighted by molar-refractivity contribution is 9.10. The van der Waals surface area contributed by atoms with Gasteiger partial charge in [0.1, 0.15) is 0 Å². The summed E-state index contributed by atoms with van der Waals surface area (Å²) in [5.41, 5.74) is 1.77. The topological polar surface area (TPSA) is 138 Å². The summed E-state index contributed by atoms with van der Waals surface area (Å²) in [7, 11) is -7.38. The zero-order chi connectivity index (χ0) is 26.6. The number of hydrogen-bond acceptors (Lipinski definition) is 7. The molecule has 0 aliphatic carbocycles. The van der Waals surface area contributed by atoms with Gasteiger partial charge in [0, 0.05) is 41.1 Å². The van der Waals surface area contributed by atoms with Gasteiger partial charge >= 0.3 is 0 Å². The summed E-state index contributed by atoms with van der Waals surface area (Å²) < 4.78 is 55.5. The number of aryl methyl sites for hydroxylation is 1. The van der Waals surface area contributed by atoms with E-state index in [1.165, 1.54) is 34.8 Å². The number of halogens is 1. The van der Waals surface area contributed by atoms with E-state index in [-0.39, 0.29) is 41.5 Å². The molecule has 0 radical (unpaired) electrons. The van der Waals surface area contributed by atoms with Gasteiger partial charge in [-0.2, -0.15) is 0 Å². The summed E-state index contributed by atoms with van der Waals surface area (Å²) in [5, 5.41) is 2.79. The molecule has 0 saturated carbocycles. The minimum absolute atomic E-state index is 0.0000983. The van der Waals surface area contributed by atoms with Crippen molar-refractivity contribution in [2.24, 2.45) is 5.92 Å². The molecule has 1 aromatic heterocycles. The summed E-state index contributed by atoms with van der Waals surface area (Å²) in [4.78, 5) is 20.7. The Hall–Kier alpha value is -2.87. The number of rotatable bonds is 8. The number of aromatic nitrogens is 2. The molecule has 196 valence electrons. The fourth-order valence-corrected chi connectivity index (χ4v) is 6.70. The molecule has 10 nitrogen and oxygen atoms in total. The normalized spacial score (nSPS) is 15.3. The lowest BCUT2D eigenvalue weighted by molar-refractivity contribution is -0.120. The van der Waals surface area contributed by atoms with Crippen molar-refractivity contribution in [1.82, 2.24) is 14.3 Å². The zero-order valence-electron chi connectivity index (χ0n) is 20.0. The number of nitrogens with zero attached hydrogens (tertiary/aromatic N) is 3. The van der Waals surface area contributed by atoms with Crippen molar-refractivity contribution in [3.8, 4) is 0 Å². The number of piperidine rings is 1. The van der Waals surface area contributed by atoms with Gasteiger partial charge in [0.2, 0.25) is 21.9 Å². The van der Waals surface area contributed by atoms with Gasteiger partial charge in [0.25, 0.3) is 10.0 Å². The van der Waals surface area contributed by atoms with Crippen LogP contribution in [-0.4, -0.2) is 50.1 Å². The fourth-order valence-electron chi connectivity index (χ4n) is 3.92. The maximum atomic E-state index is 12.8. The lowest BCUT2D eigenvalue weighted by Gasteiger charge is -2.30. The second kappa shape index (κ2) is 11.3. The molecule has 1 aliphatic rings. The lowest BCUT2D eigenvalue weighted by Crippen LogP contribution is -2.41. The first-order chi connectivity index (χ1) is 17.5. The summed E-state index contributed by atoms with van der Waals surface area (Å²) in [6, 6.07) is 14.6. The van der Waals surface area contributed by atoms with E-state index < -0.39 is 20.0 Å². The van der Waals surface area contributed by atoms with Crippen LogP contribution in [0, 0.1) is 12.8 Å². The number of hydrogen-bond donors (Lipinski definition) is 2. The van der Waals surface area contributed by atoms with E-state index in [9.17, 15) is 21.6 Å². The Morgan fingerprint density at radius 2 is 1.65 bits per heavy atom. The molecular formula is C24H26BrN5O5S2. The van der Waals surface area contributed by atoms with Crippen molar-refractivity contribution in [2.75, 3.05) is 23.1 Å². The van der Waals surface area contributed by atoms with Crippen molar-refractivity contribution < 1.29 is 21.6 Å². The molecule has 2 heterocycles. The monoisotopic (exact) mass is 607 g/mol. The highest BCUT2D eigenvalue weighted by Gasteiger charge is 2.31. The SMILES string of the molecule is Cc1ccnc(NS(=O)(=O)c2ccc(NC(=O)C3CCN(S(=O)(=O)Cc4ccc(Br)cc4)CC3)cc2)n1. The van der Waals surface area contributed by atoms with Crippen LogP contribution >= 0.6 is 15.9 Å². The molecule has 4 rings (SSSR count). The standard InChI is InChI=1S/C24H26BrN5O5S2/c1-17-10-13-26-24(27-17)29-37(34,35)22-8-6-21(7-9-22)28-23(31)19-11-14-30(15-12-19)36(32,33)16-18-2-4-20(25)5-3-18/h2-10,13,19H,11-12,14-16H2,1H3,(H,28,31)(H,26,27,29). The Morgan fingerprint density at radius 3 is 2.27 bits per heavy atom. The average molecular weight is 609 g/mol. The van der Waals surface area contributed by atoms with Crippen LogP contribution in [-0.2, 0) is 30.6 Å². The van der Waals surface area contributed by atoms with E-state index >= 15 is 0 Å². The van der Waals surface area contributed by atoms with Crippen LogP contribution in [0.5, 0.6) is 0 Å². The molecule has 2 N–H and O–H groups in total. The number of carbonyl (C=O) groups is 1. The summed E-state index contributed by atoms with van der Waals surface area (Å²) >= 11 is 3.34. The van der Waals surface area contributed by atoms with Crippen LogP contribution < -0.4 is 10.0 Å². The Bertz CT molecular complexity index is 1470. The molecule has 0 unspecified atom stereocenters. The Labute approximate surface area is 224 Å². The molecule has 1 saturated heterocycles. The van der Waals surface area contributed by atoms with Crippen molar-refractivity contribution in [3.63, 3.8) is 0 Å². The summed E-state index contributed by atoms with van der Waals surface area (Å²) in [6.45, 7) is 2.26. The Balaban J connectivity index is 1.31. The number of amides is 1. The molecule has 13 heteroatoms. The highest BCUT2D eigenvalue weighted by atomic mass is 79.9. The van der Waals surface area contributed by atoms with E-state index in [2.05, 4.69) is 35.9 Å². The second-order valence-corrected chi connectivity index (χ2v) is 13.3. The molecule has 1 amide bonds. The quantitative estimate of drug-likeness (QED) is 0.399. The Morgan fingerprint density at radius 1 is 1.00 bits per heavy atom. The van der Waals surface area contributed by atoms with E-state index in [0.717, 1.165) is 4.47 Å². The largest absolute Gasteiger partial charge is 0.326 e. The molecule has 0 bridgehead atoms. The van der Waals surface area contributed by atoms with Gasteiger partial charge in [-0.3, -0.25) is 4.79 Å². The van der Waals surface area contributed by atoms with Crippen molar-refractivity contribution >= 4 is 53.5 Å². The minimum atomic E-state index is -3.89. The van der Waals surface area contributed by atoms with Crippen LogP contribution in [0.4, 0.5) is 11.6 Å². The maximum Gasteiger partial charge on any atom is 0.264 e. The third kappa shape index (κ3) is 7.12. The molecular weight excluding hydrogens is 582 g/mol. The predicted molar refractivity (Wildman–Crippen MR) is 144 cm³/mol. The molecule has 0 atom stereocenters. The summed E-state index contributed by atoms with van der Waals surface area (Å²) in [5.74, 6) is -0.686. The van der Waals surface area contributed by atoms with E-state index in [4.69, 9.17) is 0 Å². The van der Waals surface area contributed by atoms with Crippen LogP contribution in [0.1, 0.15) is 24.1 Å². The summed E-state index contributed by atoms with van der Waals surface area (Å²) in [6.07, 6.45) is 2.26. The predicted octanol–water partition coefficient (Wildman–Crippen LogP) is 3.53. The van der Waals surface area contributed by atoms with Crippen molar-refractivity contribution in [1.29, 1.82) is 0 Å². The minimum Gasteiger partial charge on any atom is -0.326 e. The Kier molecular flexibility index (Phi) is 8.26. The molecule has 3 aromatic rings. The van der Waals surface area contributed by atoms with Crippen LogP contribution in [0.15, 0.2) is 70.2 Å². The number of anilines is 2. The van der Waals surface area contributed by atoms with Crippen molar-refractivity contribution in [3.05, 3.63) is 76.5 Å². The van der Waals surface area contributed by atoms with Gasteiger partial charge in [-0.15, -0.1) is 0 Å². The number of nitrogens with one attached hydrogen (secondary N) is 2. The average Bonchev–Trinajstić information content (AvgIpc) is 2.85. The second-order valence-electron chi connectivity index (χ2n) is 8.70. The molecule has 2 aromatic carbocycles. The smallest absolute Gasteiger partial charge is 0.264 e. The van der Waals surface area contributed by atoms with Crippen LogP contribution in [0.3, 0.4) is 0 Å². The van der Waals surface area contributed by atoms with Gasteiger partial charge in [-0.05, 0) is 67.8 Å². The first kappa shape index (κ1) is 27.2. The van der Waals surface area contributed by atoms with E-state index in [0.29, 0.717) is 29.8 Å². The molecule has 37 heavy (non-hydrogen) atoms. The highest BCUT2D eigenvalue weighted by Crippen LogP contribution is 2.24. The third-order valence-corrected chi connectivity index (χ3v) is 9.66. The van der Waals surface area contributed by atoms with Gasteiger partial charge in [-0.1, -0.05) is 28.1 Å². The molecule has 0 spiro atoms. The number of sulfonamides is 2. The van der Waals surface area contributed by atoms with E-state index in [1.54, 1.807) is 37.3 Å². The first-order valence-corrected chi connectivity index (χ1v) is 15.4. The molecule has 1 aliphatic heterocycles. The fraction of sp³-hybridized carbons (Fsp3) is 0.292. The maximum absolute atomic E-state index is 12.8. The van der Waals surface area contributed by atoms with Gasteiger partial charge in [0.05, 0.1) is 10.6 Å². The van der Waals surface area contributed by atoms with Crippen LogP contribution in [0.2, 0.25) is 0 Å². The van der Waals surface area contributed by atoms with Crippen molar-refractivity contribution in [2.45, 2.75) is 30.4 Å². The lowest BCUT2D eigenvalue weighted by atomic mass is 9.97.